The first-order valence-corrected chi connectivity index (χ1v) is 8.20. The number of amidine groups is 1. The van der Waals surface area contributed by atoms with Crippen LogP contribution in [-0.2, 0) is 4.74 Å². The topological polar surface area (TPSA) is 42.9 Å². The SMILES string of the molecule is COCCOc1c(C2=NCCN2)cc2cc(Br)ccc2c1Cl.Cl. The summed E-state index contributed by atoms with van der Waals surface area (Å²) in [5.74, 6) is 1.48. The quantitative estimate of drug-likeness (QED) is 0.743. The molecular weight excluding hydrogens is 403 g/mol. The van der Waals surface area contributed by atoms with Crippen molar-refractivity contribution in [3.63, 3.8) is 0 Å². The number of ether oxygens (including phenoxy) is 2. The molecule has 1 aliphatic heterocycles. The molecule has 1 heterocycles. The molecule has 3 rings (SSSR count). The normalized spacial score (nSPS) is 13.4. The summed E-state index contributed by atoms with van der Waals surface area (Å²) in [6.45, 7) is 2.55. The second kappa shape index (κ2) is 8.20. The van der Waals surface area contributed by atoms with Crippen LogP contribution in [0.15, 0.2) is 33.7 Å². The minimum Gasteiger partial charge on any atom is -0.489 e. The number of nitrogens with one attached hydrogen (secondary N) is 1. The van der Waals surface area contributed by atoms with Crippen LogP contribution in [0.25, 0.3) is 10.8 Å². The Morgan fingerprint density at radius 3 is 2.83 bits per heavy atom. The van der Waals surface area contributed by atoms with Crippen LogP contribution in [0.4, 0.5) is 0 Å². The maximum atomic E-state index is 6.59. The monoisotopic (exact) mass is 418 g/mol. The summed E-state index contributed by atoms with van der Waals surface area (Å²) in [7, 11) is 1.65. The third kappa shape index (κ3) is 3.91. The average molecular weight is 420 g/mol. The van der Waals surface area contributed by atoms with Crippen molar-refractivity contribution in [2.75, 3.05) is 33.4 Å². The fraction of sp³-hybridized carbons (Fsp3) is 0.312. The Bertz CT molecular complexity index is 738. The van der Waals surface area contributed by atoms with E-state index in [9.17, 15) is 0 Å². The van der Waals surface area contributed by atoms with E-state index in [1.807, 2.05) is 18.2 Å². The second-order valence-electron chi connectivity index (χ2n) is 4.93. The van der Waals surface area contributed by atoms with Gasteiger partial charge in [0.1, 0.15) is 18.2 Å². The van der Waals surface area contributed by atoms with Crippen molar-refractivity contribution in [2.45, 2.75) is 0 Å². The zero-order chi connectivity index (χ0) is 15.5. The molecule has 0 fully saturated rings. The van der Waals surface area contributed by atoms with Crippen LogP contribution in [0.2, 0.25) is 5.02 Å². The molecule has 4 nitrogen and oxygen atoms in total. The number of methoxy groups -OCH3 is 1. The van der Waals surface area contributed by atoms with Crippen LogP contribution in [0.3, 0.4) is 0 Å². The zero-order valence-corrected chi connectivity index (χ0v) is 15.7. The smallest absolute Gasteiger partial charge is 0.149 e. The predicted octanol–water partition coefficient (Wildman–Crippen LogP) is 4.05. The molecule has 0 aromatic heterocycles. The number of hydrogen-bond acceptors (Lipinski definition) is 4. The molecular formula is C16H17BrCl2N2O2. The number of halogens is 3. The van der Waals surface area contributed by atoms with Gasteiger partial charge in [-0.25, -0.2) is 0 Å². The van der Waals surface area contributed by atoms with Gasteiger partial charge in [0.15, 0.2) is 0 Å². The lowest BCUT2D eigenvalue weighted by Gasteiger charge is -2.16. The van der Waals surface area contributed by atoms with E-state index >= 15 is 0 Å². The Kier molecular flexibility index (Phi) is 6.53. The lowest BCUT2D eigenvalue weighted by Crippen LogP contribution is -2.21. The van der Waals surface area contributed by atoms with Gasteiger partial charge in [-0.05, 0) is 23.6 Å². The van der Waals surface area contributed by atoms with E-state index < -0.39 is 0 Å². The highest BCUT2D eigenvalue weighted by Gasteiger charge is 2.19. The van der Waals surface area contributed by atoms with Crippen LogP contribution in [0.1, 0.15) is 5.56 Å². The van der Waals surface area contributed by atoms with Crippen molar-refractivity contribution in [1.29, 1.82) is 0 Å². The lowest BCUT2D eigenvalue weighted by molar-refractivity contribution is 0.146. The lowest BCUT2D eigenvalue weighted by atomic mass is 10.0. The maximum absolute atomic E-state index is 6.59. The molecule has 0 amide bonds. The van der Waals surface area contributed by atoms with Crippen molar-refractivity contribution >= 4 is 56.5 Å². The summed E-state index contributed by atoms with van der Waals surface area (Å²) in [5, 5.41) is 5.89. The Balaban J connectivity index is 0.00000192. The average Bonchev–Trinajstić information content (AvgIpc) is 3.03. The first-order valence-electron chi connectivity index (χ1n) is 7.03. The molecule has 124 valence electrons. The second-order valence-corrected chi connectivity index (χ2v) is 6.22. The zero-order valence-electron chi connectivity index (χ0n) is 12.6. The Hall–Kier alpha value is -1.01. The molecule has 0 unspecified atom stereocenters. The summed E-state index contributed by atoms with van der Waals surface area (Å²) >= 11 is 10.1. The van der Waals surface area contributed by atoms with E-state index in [0.29, 0.717) is 24.0 Å². The third-order valence-electron chi connectivity index (χ3n) is 3.46. The Labute approximate surface area is 154 Å². The largest absolute Gasteiger partial charge is 0.489 e. The van der Waals surface area contributed by atoms with Crippen molar-refractivity contribution < 1.29 is 9.47 Å². The molecule has 23 heavy (non-hydrogen) atoms. The van der Waals surface area contributed by atoms with Crippen LogP contribution >= 0.6 is 39.9 Å². The summed E-state index contributed by atoms with van der Waals surface area (Å²) in [6, 6.07) is 8.06. The van der Waals surface area contributed by atoms with Gasteiger partial charge in [0.2, 0.25) is 0 Å². The molecule has 1 N–H and O–H groups in total. The van der Waals surface area contributed by atoms with Gasteiger partial charge in [0.25, 0.3) is 0 Å². The molecule has 2 aromatic rings. The first kappa shape index (κ1) is 18.3. The van der Waals surface area contributed by atoms with E-state index in [-0.39, 0.29) is 12.4 Å². The summed E-state index contributed by atoms with van der Waals surface area (Å²) in [6.07, 6.45) is 0. The molecule has 0 radical (unpaired) electrons. The van der Waals surface area contributed by atoms with Gasteiger partial charge in [-0.3, -0.25) is 4.99 Å². The van der Waals surface area contributed by atoms with Crippen molar-refractivity contribution in [3.8, 4) is 5.75 Å². The maximum Gasteiger partial charge on any atom is 0.149 e. The Morgan fingerprint density at radius 1 is 1.30 bits per heavy atom. The minimum absolute atomic E-state index is 0. The first-order chi connectivity index (χ1) is 10.7. The van der Waals surface area contributed by atoms with E-state index in [2.05, 4.69) is 32.3 Å². The highest BCUT2D eigenvalue weighted by Crippen LogP contribution is 2.38. The third-order valence-corrected chi connectivity index (χ3v) is 4.33. The summed E-state index contributed by atoms with van der Waals surface area (Å²) < 4.78 is 11.9. The summed E-state index contributed by atoms with van der Waals surface area (Å²) in [5.41, 5.74) is 0.893. The fourth-order valence-corrected chi connectivity index (χ4v) is 3.14. The van der Waals surface area contributed by atoms with Crippen LogP contribution in [0, 0.1) is 0 Å². The molecule has 0 bridgehead atoms. The van der Waals surface area contributed by atoms with E-state index in [4.69, 9.17) is 21.1 Å². The number of rotatable bonds is 5. The number of aliphatic imine (C=N–C) groups is 1. The number of hydrogen-bond donors (Lipinski definition) is 1. The van der Waals surface area contributed by atoms with Crippen molar-refractivity contribution in [2.24, 2.45) is 4.99 Å². The number of fused-ring (bicyclic) bond motifs is 1. The van der Waals surface area contributed by atoms with Gasteiger partial charge in [0.05, 0.1) is 23.7 Å². The highest BCUT2D eigenvalue weighted by atomic mass is 79.9. The molecule has 0 atom stereocenters. The standard InChI is InChI=1S/C16H16BrClN2O2.ClH/c1-21-6-7-22-15-13(16-19-4-5-20-16)9-10-8-11(17)2-3-12(10)14(15)18;/h2-3,8-9H,4-7H2,1H3,(H,19,20);1H. The summed E-state index contributed by atoms with van der Waals surface area (Å²) in [4.78, 5) is 4.49. The number of benzene rings is 2. The minimum atomic E-state index is 0. The van der Waals surface area contributed by atoms with Crippen LogP contribution in [0.5, 0.6) is 5.75 Å². The van der Waals surface area contributed by atoms with Gasteiger partial charge in [-0.2, -0.15) is 0 Å². The molecule has 2 aromatic carbocycles. The predicted molar refractivity (Wildman–Crippen MR) is 101 cm³/mol. The van der Waals surface area contributed by atoms with Gasteiger partial charge in [-0.1, -0.05) is 33.6 Å². The van der Waals surface area contributed by atoms with Gasteiger partial charge < -0.3 is 14.8 Å². The molecule has 0 spiro atoms. The molecule has 0 aliphatic carbocycles. The van der Waals surface area contributed by atoms with E-state index in [1.54, 1.807) is 7.11 Å². The van der Waals surface area contributed by atoms with Gasteiger partial charge in [0, 0.05) is 23.5 Å². The van der Waals surface area contributed by atoms with Gasteiger partial charge >= 0.3 is 0 Å². The van der Waals surface area contributed by atoms with Crippen LogP contribution < -0.4 is 10.1 Å². The van der Waals surface area contributed by atoms with Crippen LogP contribution in [-0.4, -0.2) is 39.2 Å². The van der Waals surface area contributed by atoms with E-state index in [0.717, 1.165) is 39.7 Å². The molecule has 0 saturated carbocycles. The Morgan fingerprint density at radius 2 is 2.13 bits per heavy atom. The molecule has 7 heteroatoms. The molecule has 1 aliphatic rings. The number of nitrogens with zero attached hydrogens (tertiary/aromatic N) is 1. The fourth-order valence-electron chi connectivity index (χ4n) is 2.44. The highest BCUT2D eigenvalue weighted by molar-refractivity contribution is 9.10. The molecule has 0 saturated heterocycles. The van der Waals surface area contributed by atoms with E-state index in [1.165, 1.54) is 0 Å². The van der Waals surface area contributed by atoms with Crippen molar-refractivity contribution in [1.82, 2.24) is 5.32 Å². The van der Waals surface area contributed by atoms with Gasteiger partial charge in [-0.15, -0.1) is 12.4 Å². The van der Waals surface area contributed by atoms with Crippen molar-refractivity contribution in [3.05, 3.63) is 39.3 Å².